The Bertz CT molecular complexity index is 436. The monoisotopic (exact) mass is 390 g/mol. The van der Waals surface area contributed by atoms with Gasteiger partial charge in [0.2, 0.25) is 5.91 Å². The van der Waals surface area contributed by atoms with Gasteiger partial charge in [0.15, 0.2) is 0 Å². The summed E-state index contributed by atoms with van der Waals surface area (Å²) in [6.07, 6.45) is 4.58. The zero-order valence-electron chi connectivity index (χ0n) is 12.6. The lowest BCUT2D eigenvalue weighted by atomic mass is 10.1. The number of carbonyl (C=O) groups is 1. The van der Waals surface area contributed by atoms with E-state index in [4.69, 9.17) is 4.74 Å². The number of hydrogen-bond donors (Lipinski definition) is 2. The smallest absolute Gasteiger partial charge is 0.220 e. The molecule has 0 radical (unpaired) electrons. The molecule has 1 aromatic carbocycles. The van der Waals surface area contributed by atoms with E-state index >= 15 is 0 Å². The largest absolute Gasteiger partial charge is 0.494 e. The van der Waals surface area contributed by atoms with Crippen molar-refractivity contribution in [1.29, 1.82) is 0 Å². The number of halogens is 2. The average Bonchev–Trinajstić information content (AvgIpc) is 2.50. The summed E-state index contributed by atoms with van der Waals surface area (Å²) in [6.45, 7) is 2.62. The Balaban J connectivity index is 0.00000242. The standard InChI is InChI=1S/C16H23BrN2O2.ClH/c17-13-6-8-15(9-7-13)21-11-2-1-5-16(20)19-14-4-3-10-18-12-14;/h6-9,14,18H,1-5,10-12H2,(H,19,20);1H. The third kappa shape index (κ3) is 7.47. The zero-order valence-corrected chi connectivity index (χ0v) is 15.0. The molecule has 1 aliphatic heterocycles. The summed E-state index contributed by atoms with van der Waals surface area (Å²) in [6, 6.07) is 8.10. The minimum absolute atomic E-state index is 0. The van der Waals surface area contributed by atoms with E-state index in [0.29, 0.717) is 19.1 Å². The van der Waals surface area contributed by atoms with Gasteiger partial charge < -0.3 is 15.4 Å². The van der Waals surface area contributed by atoms with Gasteiger partial charge in [-0.3, -0.25) is 4.79 Å². The lowest BCUT2D eigenvalue weighted by Gasteiger charge is -2.23. The maximum absolute atomic E-state index is 11.8. The first-order valence-electron chi connectivity index (χ1n) is 7.62. The molecule has 4 nitrogen and oxygen atoms in total. The fraction of sp³-hybridized carbons (Fsp3) is 0.562. The van der Waals surface area contributed by atoms with E-state index in [0.717, 1.165) is 49.0 Å². The van der Waals surface area contributed by atoms with Gasteiger partial charge >= 0.3 is 0 Å². The van der Waals surface area contributed by atoms with Crippen molar-refractivity contribution in [3.05, 3.63) is 28.7 Å². The van der Waals surface area contributed by atoms with Crippen molar-refractivity contribution >= 4 is 34.2 Å². The normalized spacial score (nSPS) is 17.4. The van der Waals surface area contributed by atoms with E-state index in [1.165, 1.54) is 0 Å². The van der Waals surface area contributed by atoms with Crippen molar-refractivity contribution in [2.75, 3.05) is 19.7 Å². The second-order valence-corrected chi connectivity index (χ2v) is 6.29. The van der Waals surface area contributed by atoms with Crippen molar-refractivity contribution in [2.45, 2.75) is 38.1 Å². The number of ether oxygens (including phenoxy) is 1. The summed E-state index contributed by atoms with van der Waals surface area (Å²) in [5, 5.41) is 6.39. The number of hydrogen-bond acceptors (Lipinski definition) is 3. The van der Waals surface area contributed by atoms with Crippen molar-refractivity contribution < 1.29 is 9.53 Å². The minimum Gasteiger partial charge on any atom is -0.494 e. The molecule has 1 heterocycles. The van der Waals surface area contributed by atoms with Gasteiger partial charge in [-0.1, -0.05) is 15.9 Å². The molecule has 124 valence electrons. The van der Waals surface area contributed by atoms with Crippen LogP contribution in [0, 0.1) is 0 Å². The Morgan fingerprint density at radius 3 is 2.77 bits per heavy atom. The third-order valence-corrected chi connectivity index (χ3v) is 4.07. The van der Waals surface area contributed by atoms with E-state index in [-0.39, 0.29) is 18.3 Å². The van der Waals surface area contributed by atoms with E-state index in [2.05, 4.69) is 26.6 Å². The molecule has 1 aliphatic rings. The third-order valence-electron chi connectivity index (χ3n) is 3.54. The van der Waals surface area contributed by atoms with Crippen LogP contribution in [0.2, 0.25) is 0 Å². The number of benzene rings is 1. The summed E-state index contributed by atoms with van der Waals surface area (Å²) >= 11 is 3.39. The molecule has 1 saturated heterocycles. The van der Waals surface area contributed by atoms with E-state index in [1.807, 2.05) is 24.3 Å². The van der Waals surface area contributed by atoms with Crippen molar-refractivity contribution in [1.82, 2.24) is 10.6 Å². The summed E-state index contributed by atoms with van der Waals surface area (Å²) in [5.41, 5.74) is 0. The zero-order chi connectivity index (χ0) is 14.9. The molecule has 1 atom stereocenters. The highest BCUT2D eigenvalue weighted by atomic mass is 79.9. The number of rotatable bonds is 7. The van der Waals surface area contributed by atoms with E-state index in [1.54, 1.807) is 0 Å². The summed E-state index contributed by atoms with van der Waals surface area (Å²) in [5.74, 6) is 1.03. The highest BCUT2D eigenvalue weighted by molar-refractivity contribution is 9.10. The van der Waals surface area contributed by atoms with Crippen LogP contribution in [0.1, 0.15) is 32.1 Å². The van der Waals surface area contributed by atoms with Crippen LogP contribution in [0.25, 0.3) is 0 Å². The van der Waals surface area contributed by atoms with Crippen LogP contribution in [0.4, 0.5) is 0 Å². The quantitative estimate of drug-likeness (QED) is 0.701. The second kappa shape index (κ2) is 10.9. The topological polar surface area (TPSA) is 50.4 Å². The summed E-state index contributed by atoms with van der Waals surface area (Å²) in [4.78, 5) is 11.8. The highest BCUT2D eigenvalue weighted by Gasteiger charge is 2.14. The van der Waals surface area contributed by atoms with Crippen LogP contribution in [0.15, 0.2) is 28.7 Å². The van der Waals surface area contributed by atoms with Gasteiger partial charge in [-0.15, -0.1) is 12.4 Å². The first kappa shape index (κ1) is 19.3. The molecule has 22 heavy (non-hydrogen) atoms. The predicted molar refractivity (Wildman–Crippen MR) is 94.8 cm³/mol. The van der Waals surface area contributed by atoms with Gasteiger partial charge in [0.25, 0.3) is 0 Å². The molecule has 0 spiro atoms. The fourth-order valence-corrected chi connectivity index (χ4v) is 2.65. The lowest BCUT2D eigenvalue weighted by molar-refractivity contribution is -0.122. The van der Waals surface area contributed by atoms with Crippen LogP contribution in [0.3, 0.4) is 0 Å². The number of amides is 1. The Labute approximate surface area is 146 Å². The second-order valence-electron chi connectivity index (χ2n) is 5.37. The van der Waals surface area contributed by atoms with Crippen molar-refractivity contribution in [3.63, 3.8) is 0 Å². The summed E-state index contributed by atoms with van der Waals surface area (Å²) < 4.78 is 6.68. The van der Waals surface area contributed by atoms with E-state index < -0.39 is 0 Å². The van der Waals surface area contributed by atoms with Crippen molar-refractivity contribution in [3.8, 4) is 5.75 Å². The molecular weight excluding hydrogens is 368 g/mol. The molecule has 1 unspecified atom stereocenters. The van der Waals surface area contributed by atoms with Crippen LogP contribution in [0.5, 0.6) is 5.75 Å². The van der Waals surface area contributed by atoms with Gasteiger partial charge in [-0.2, -0.15) is 0 Å². The molecule has 0 aromatic heterocycles. The number of nitrogens with one attached hydrogen (secondary N) is 2. The fourth-order valence-electron chi connectivity index (χ4n) is 2.38. The van der Waals surface area contributed by atoms with Crippen LogP contribution in [-0.2, 0) is 4.79 Å². The molecule has 0 aliphatic carbocycles. The number of unbranched alkanes of at least 4 members (excludes halogenated alkanes) is 1. The molecule has 0 bridgehead atoms. The molecule has 1 amide bonds. The van der Waals surface area contributed by atoms with Gasteiger partial charge in [-0.05, 0) is 56.5 Å². The Kier molecular flexibility index (Phi) is 9.52. The molecule has 1 fully saturated rings. The SMILES string of the molecule is Cl.O=C(CCCCOc1ccc(Br)cc1)NC1CCCNC1. The van der Waals surface area contributed by atoms with Gasteiger partial charge in [0.05, 0.1) is 6.61 Å². The van der Waals surface area contributed by atoms with Crippen LogP contribution in [-0.4, -0.2) is 31.6 Å². The van der Waals surface area contributed by atoms with E-state index in [9.17, 15) is 4.79 Å². The average molecular weight is 392 g/mol. The maximum Gasteiger partial charge on any atom is 0.220 e. The molecule has 1 aromatic rings. The number of carbonyl (C=O) groups excluding carboxylic acids is 1. The highest BCUT2D eigenvalue weighted by Crippen LogP contribution is 2.16. The molecule has 6 heteroatoms. The van der Waals surface area contributed by atoms with Crippen LogP contribution >= 0.6 is 28.3 Å². The molecule has 2 rings (SSSR count). The van der Waals surface area contributed by atoms with Gasteiger partial charge in [0, 0.05) is 23.5 Å². The Morgan fingerprint density at radius 2 is 2.09 bits per heavy atom. The summed E-state index contributed by atoms with van der Waals surface area (Å²) in [7, 11) is 0. The van der Waals surface area contributed by atoms with Crippen LogP contribution < -0.4 is 15.4 Å². The molecular formula is C16H24BrClN2O2. The minimum atomic E-state index is 0. The predicted octanol–water partition coefficient (Wildman–Crippen LogP) is 3.29. The van der Waals surface area contributed by atoms with Crippen molar-refractivity contribution in [2.24, 2.45) is 0 Å². The molecule has 2 N–H and O–H groups in total. The molecule has 0 saturated carbocycles. The van der Waals surface area contributed by atoms with Gasteiger partial charge in [0.1, 0.15) is 5.75 Å². The first-order valence-corrected chi connectivity index (χ1v) is 8.42. The Morgan fingerprint density at radius 1 is 1.32 bits per heavy atom. The Hall–Kier alpha value is -0.780. The maximum atomic E-state index is 11.8. The first-order chi connectivity index (χ1) is 10.2. The van der Waals surface area contributed by atoms with Gasteiger partial charge in [-0.25, -0.2) is 0 Å². The lowest BCUT2D eigenvalue weighted by Crippen LogP contribution is -2.45. The number of piperidine rings is 1.